The zero-order valence-electron chi connectivity index (χ0n) is 13.7. The molecule has 1 rings (SSSR count). The van der Waals surface area contributed by atoms with Gasteiger partial charge < -0.3 is 9.47 Å². The number of hydrogen-bond donors (Lipinski definition) is 0. The molecule has 0 saturated heterocycles. The molecule has 0 radical (unpaired) electrons. The Kier molecular flexibility index (Phi) is 5.85. The van der Waals surface area contributed by atoms with Crippen molar-refractivity contribution < 1.29 is 23.5 Å². The third kappa shape index (κ3) is 4.28. The van der Waals surface area contributed by atoms with Crippen molar-refractivity contribution in [2.75, 3.05) is 14.2 Å². The van der Waals surface area contributed by atoms with Crippen LogP contribution in [0.15, 0.2) is 24.3 Å². The van der Waals surface area contributed by atoms with Gasteiger partial charge in [0.05, 0.1) is 37.5 Å². The zero-order valence-corrected chi connectivity index (χ0v) is 13.7. The molecule has 1 aromatic carbocycles. The lowest BCUT2D eigenvalue weighted by Crippen LogP contribution is -2.38. The Hall–Kier alpha value is -2.42. The van der Waals surface area contributed by atoms with Crippen molar-refractivity contribution in [2.45, 2.75) is 32.1 Å². The Morgan fingerprint density at radius 2 is 1.91 bits per heavy atom. The number of esters is 2. The van der Waals surface area contributed by atoms with Gasteiger partial charge in [-0.3, -0.25) is 9.59 Å². The number of benzene rings is 1. The number of nitriles is 1. The second-order valence-corrected chi connectivity index (χ2v) is 6.01. The molecule has 0 N–H and O–H groups in total. The second-order valence-electron chi connectivity index (χ2n) is 6.01. The first kappa shape index (κ1) is 18.6. The van der Waals surface area contributed by atoms with Crippen LogP contribution in [-0.2, 0) is 24.5 Å². The van der Waals surface area contributed by atoms with Gasteiger partial charge in [-0.2, -0.15) is 5.26 Å². The number of halogens is 1. The molecular weight excluding hydrogens is 301 g/mol. The molecule has 0 aromatic heterocycles. The summed E-state index contributed by atoms with van der Waals surface area (Å²) in [5, 5.41) is 9.75. The SMILES string of the molecule is COC(=O)CC(C#N)(CC(C)(C)C(=O)OC)c1cccc(F)c1. The van der Waals surface area contributed by atoms with E-state index in [0.717, 1.165) is 0 Å². The molecule has 124 valence electrons. The van der Waals surface area contributed by atoms with Crippen molar-refractivity contribution >= 4 is 11.9 Å². The molecule has 0 heterocycles. The molecule has 0 fully saturated rings. The number of carbonyl (C=O) groups excluding carboxylic acids is 2. The Balaban J connectivity index is 3.39. The first-order chi connectivity index (χ1) is 10.7. The van der Waals surface area contributed by atoms with E-state index in [1.54, 1.807) is 19.9 Å². The predicted molar refractivity (Wildman–Crippen MR) is 80.7 cm³/mol. The predicted octanol–water partition coefficient (Wildman–Crippen LogP) is 2.74. The zero-order chi connectivity index (χ0) is 17.7. The van der Waals surface area contributed by atoms with E-state index < -0.39 is 28.6 Å². The maximum absolute atomic E-state index is 13.6. The average molecular weight is 321 g/mol. The lowest BCUT2D eigenvalue weighted by atomic mass is 9.68. The third-order valence-electron chi connectivity index (χ3n) is 3.75. The fourth-order valence-corrected chi connectivity index (χ4v) is 2.62. The summed E-state index contributed by atoms with van der Waals surface area (Å²) in [7, 11) is 2.46. The summed E-state index contributed by atoms with van der Waals surface area (Å²) in [5.41, 5.74) is -2.11. The Morgan fingerprint density at radius 3 is 2.39 bits per heavy atom. The van der Waals surface area contributed by atoms with E-state index in [4.69, 9.17) is 4.74 Å². The van der Waals surface area contributed by atoms with Crippen molar-refractivity contribution in [2.24, 2.45) is 5.41 Å². The van der Waals surface area contributed by atoms with Crippen LogP contribution in [0.25, 0.3) is 0 Å². The van der Waals surface area contributed by atoms with Crippen LogP contribution < -0.4 is 0 Å². The van der Waals surface area contributed by atoms with E-state index >= 15 is 0 Å². The fourth-order valence-electron chi connectivity index (χ4n) is 2.62. The highest BCUT2D eigenvalue weighted by atomic mass is 19.1. The summed E-state index contributed by atoms with van der Waals surface area (Å²) in [5.74, 6) is -1.65. The highest BCUT2D eigenvalue weighted by Crippen LogP contribution is 2.40. The van der Waals surface area contributed by atoms with Crippen LogP contribution in [0.2, 0.25) is 0 Å². The fraction of sp³-hybridized carbons (Fsp3) is 0.471. The van der Waals surface area contributed by atoms with Crippen molar-refractivity contribution in [1.82, 2.24) is 0 Å². The van der Waals surface area contributed by atoms with Gasteiger partial charge in [0.25, 0.3) is 0 Å². The summed E-state index contributed by atoms with van der Waals surface area (Å²) < 4.78 is 23.0. The Morgan fingerprint density at radius 1 is 1.26 bits per heavy atom. The standard InChI is InChI=1S/C17H20FNO4/c1-16(2,15(21)23-4)10-17(11-19,9-14(20)22-3)12-6-5-7-13(18)8-12/h5-8H,9-10H2,1-4H3. The lowest BCUT2D eigenvalue weighted by molar-refractivity contribution is -0.152. The number of hydrogen-bond acceptors (Lipinski definition) is 5. The number of nitrogens with zero attached hydrogens (tertiary/aromatic N) is 1. The van der Waals surface area contributed by atoms with Gasteiger partial charge in [0, 0.05) is 0 Å². The summed E-state index contributed by atoms with van der Waals surface area (Å²) in [4.78, 5) is 23.7. The molecule has 0 aliphatic heterocycles. The van der Waals surface area contributed by atoms with Crippen molar-refractivity contribution in [3.63, 3.8) is 0 Å². The molecule has 1 aromatic rings. The van der Waals surface area contributed by atoms with E-state index in [1.807, 2.05) is 0 Å². The minimum atomic E-state index is -1.40. The topological polar surface area (TPSA) is 76.4 Å². The van der Waals surface area contributed by atoms with Crippen LogP contribution in [-0.4, -0.2) is 26.2 Å². The van der Waals surface area contributed by atoms with Crippen LogP contribution in [0.4, 0.5) is 4.39 Å². The maximum atomic E-state index is 13.6. The van der Waals surface area contributed by atoms with Gasteiger partial charge in [0.1, 0.15) is 5.82 Å². The van der Waals surface area contributed by atoms with Gasteiger partial charge in [-0.05, 0) is 38.0 Å². The first-order valence-electron chi connectivity index (χ1n) is 7.03. The molecular formula is C17H20FNO4. The highest BCUT2D eigenvalue weighted by Gasteiger charge is 2.44. The quantitative estimate of drug-likeness (QED) is 0.753. The van der Waals surface area contributed by atoms with E-state index in [2.05, 4.69) is 10.8 Å². The summed E-state index contributed by atoms with van der Waals surface area (Å²) in [6.45, 7) is 3.23. The van der Waals surface area contributed by atoms with Gasteiger partial charge in [-0.25, -0.2) is 4.39 Å². The molecule has 6 heteroatoms. The van der Waals surface area contributed by atoms with Crippen molar-refractivity contribution in [1.29, 1.82) is 5.26 Å². The maximum Gasteiger partial charge on any atom is 0.311 e. The normalized spacial score (nSPS) is 13.6. The Labute approximate surface area is 135 Å². The largest absolute Gasteiger partial charge is 0.469 e. The van der Waals surface area contributed by atoms with Crippen LogP contribution in [0, 0.1) is 22.6 Å². The summed E-state index contributed by atoms with van der Waals surface area (Å²) >= 11 is 0. The molecule has 1 unspecified atom stereocenters. The molecule has 0 saturated carbocycles. The molecule has 0 aliphatic rings. The van der Waals surface area contributed by atoms with E-state index in [0.29, 0.717) is 5.56 Å². The Bertz CT molecular complexity index is 636. The highest BCUT2D eigenvalue weighted by molar-refractivity contribution is 5.77. The summed E-state index contributed by atoms with van der Waals surface area (Å²) in [6, 6.07) is 7.54. The van der Waals surface area contributed by atoms with Gasteiger partial charge >= 0.3 is 11.9 Å². The summed E-state index contributed by atoms with van der Waals surface area (Å²) in [6.07, 6.45) is -0.300. The van der Waals surface area contributed by atoms with Gasteiger partial charge in [0.15, 0.2) is 0 Å². The van der Waals surface area contributed by atoms with Crippen LogP contribution in [0.1, 0.15) is 32.3 Å². The monoisotopic (exact) mass is 321 g/mol. The van der Waals surface area contributed by atoms with Crippen LogP contribution >= 0.6 is 0 Å². The molecule has 1 atom stereocenters. The average Bonchev–Trinajstić information content (AvgIpc) is 2.52. The molecule has 0 bridgehead atoms. The van der Waals surface area contributed by atoms with Crippen LogP contribution in [0.3, 0.4) is 0 Å². The van der Waals surface area contributed by atoms with E-state index in [9.17, 15) is 19.2 Å². The smallest absolute Gasteiger partial charge is 0.311 e. The number of rotatable bonds is 6. The van der Waals surface area contributed by atoms with Gasteiger partial charge in [-0.1, -0.05) is 12.1 Å². The third-order valence-corrected chi connectivity index (χ3v) is 3.75. The van der Waals surface area contributed by atoms with Gasteiger partial charge in [-0.15, -0.1) is 0 Å². The molecule has 0 aliphatic carbocycles. The molecule has 23 heavy (non-hydrogen) atoms. The van der Waals surface area contributed by atoms with E-state index in [1.165, 1.54) is 32.4 Å². The van der Waals surface area contributed by atoms with Crippen molar-refractivity contribution in [3.8, 4) is 6.07 Å². The minimum Gasteiger partial charge on any atom is -0.469 e. The number of carbonyl (C=O) groups is 2. The number of ether oxygens (including phenoxy) is 2. The molecule has 0 amide bonds. The molecule has 0 spiro atoms. The van der Waals surface area contributed by atoms with Crippen LogP contribution in [0.5, 0.6) is 0 Å². The van der Waals surface area contributed by atoms with Gasteiger partial charge in [0.2, 0.25) is 0 Å². The minimum absolute atomic E-state index is 0.0122. The van der Waals surface area contributed by atoms with Crippen molar-refractivity contribution in [3.05, 3.63) is 35.6 Å². The lowest BCUT2D eigenvalue weighted by Gasteiger charge is -2.33. The van der Waals surface area contributed by atoms with E-state index in [-0.39, 0.29) is 12.8 Å². The second kappa shape index (κ2) is 7.23. The molecule has 5 nitrogen and oxygen atoms in total. The number of methoxy groups -OCH3 is 2. The first-order valence-corrected chi connectivity index (χ1v) is 7.03.